The van der Waals surface area contributed by atoms with Gasteiger partial charge in [-0.15, -0.1) is 0 Å². The third-order valence-electron chi connectivity index (χ3n) is 4.35. The van der Waals surface area contributed by atoms with Crippen LogP contribution in [0.15, 0.2) is 0 Å². The minimum atomic E-state index is -0.829. The fraction of sp³-hybridized carbons (Fsp3) is 0.846. The van der Waals surface area contributed by atoms with E-state index in [0.29, 0.717) is 12.8 Å². The van der Waals surface area contributed by atoms with Gasteiger partial charge in [0.15, 0.2) is 0 Å². The molecular weight excluding hydrogens is 234 g/mol. The van der Waals surface area contributed by atoms with Gasteiger partial charge in [0.25, 0.3) is 0 Å². The molecule has 0 bridgehead atoms. The molecule has 0 spiro atoms. The molecular formula is C13H21NO4. The molecule has 2 aliphatic rings. The molecule has 2 fully saturated rings. The van der Waals surface area contributed by atoms with Gasteiger partial charge in [-0.1, -0.05) is 6.42 Å². The van der Waals surface area contributed by atoms with E-state index in [2.05, 4.69) is 5.32 Å². The summed E-state index contributed by atoms with van der Waals surface area (Å²) in [5.74, 6) is -0.955. The van der Waals surface area contributed by atoms with Gasteiger partial charge >= 0.3 is 5.97 Å². The number of rotatable bonds is 5. The van der Waals surface area contributed by atoms with E-state index in [4.69, 9.17) is 4.74 Å². The minimum absolute atomic E-state index is 0.122. The molecule has 0 aromatic carbocycles. The van der Waals surface area contributed by atoms with E-state index in [1.807, 2.05) is 0 Å². The number of hydrogen-bond acceptors (Lipinski definition) is 3. The van der Waals surface area contributed by atoms with Crippen molar-refractivity contribution < 1.29 is 19.4 Å². The van der Waals surface area contributed by atoms with Crippen molar-refractivity contribution in [2.75, 3.05) is 7.11 Å². The van der Waals surface area contributed by atoms with E-state index in [0.717, 1.165) is 25.7 Å². The van der Waals surface area contributed by atoms with Gasteiger partial charge in [0.1, 0.15) is 0 Å². The second kappa shape index (κ2) is 5.26. The molecule has 0 aromatic rings. The number of nitrogens with one attached hydrogen (secondary N) is 1. The number of carboxylic acids is 1. The topological polar surface area (TPSA) is 75.6 Å². The maximum absolute atomic E-state index is 11.9. The van der Waals surface area contributed by atoms with Gasteiger partial charge in [-0.2, -0.15) is 0 Å². The third kappa shape index (κ3) is 2.66. The van der Waals surface area contributed by atoms with Crippen molar-refractivity contribution in [1.29, 1.82) is 0 Å². The highest BCUT2D eigenvalue weighted by Gasteiger charge is 2.46. The van der Waals surface area contributed by atoms with Crippen LogP contribution >= 0.6 is 0 Å². The third-order valence-corrected chi connectivity index (χ3v) is 4.35. The number of aliphatic carboxylic acids is 1. The summed E-state index contributed by atoms with van der Waals surface area (Å²) >= 11 is 0. The first-order valence-electron chi connectivity index (χ1n) is 6.61. The van der Waals surface area contributed by atoms with Gasteiger partial charge < -0.3 is 15.2 Å². The Morgan fingerprint density at radius 3 is 2.56 bits per heavy atom. The Morgan fingerprint density at radius 1 is 1.39 bits per heavy atom. The molecule has 0 saturated heterocycles. The maximum atomic E-state index is 11.9. The van der Waals surface area contributed by atoms with Crippen LogP contribution in [-0.4, -0.2) is 36.2 Å². The van der Waals surface area contributed by atoms with Crippen molar-refractivity contribution in [3.05, 3.63) is 0 Å². The average Bonchev–Trinajstić information content (AvgIpc) is 2.70. The van der Waals surface area contributed by atoms with Crippen molar-refractivity contribution in [3.8, 4) is 0 Å². The summed E-state index contributed by atoms with van der Waals surface area (Å²) in [5.41, 5.74) is -0.788. The Kier molecular flexibility index (Phi) is 3.90. The Hall–Kier alpha value is -1.10. The highest BCUT2D eigenvalue weighted by Crippen LogP contribution is 2.44. The van der Waals surface area contributed by atoms with Gasteiger partial charge in [0, 0.05) is 19.6 Å². The molecule has 2 atom stereocenters. The fourth-order valence-electron chi connectivity index (χ4n) is 2.94. The van der Waals surface area contributed by atoms with Crippen LogP contribution in [0, 0.1) is 5.41 Å². The second-order valence-electron chi connectivity index (χ2n) is 5.55. The number of carbonyl (C=O) groups excluding carboxylic acids is 1. The van der Waals surface area contributed by atoms with Crippen LogP contribution in [0.1, 0.15) is 44.9 Å². The molecule has 0 radical (unpaired) electrons. The summed E-state index contributed by atoms with van der Waals surface area (Å²) in [4.78, 5) is 23.1. The lowest BCUT2D eigenvalue weighted by Gasteiger charge is -2.37. The monoisotopic (exact) mass is 255 g/mol. The number of ether oxygens (including phenoxy) is 1. The van der Waals surface area contributed by atoms with E-state index >= 15 is 0 Å². The molecule has 5 nitrogen and oxygen atoms in total. The van der Waals surface area contributed by atoms with Crippen LogP contribution in [0.25, 0.3) is 0 Å². The molecule has 5 heteroatoms. The van der Waals surface area contributed by atoms with E-state index in [-0.39, 0.29) is 24.5 Å². The van der Waals surface area contributed by atoms with Gasteiger partial charge in [-0.25, -0.2) is 0 Å². The van der Waals surface area contributed by atoms with Crippen LogP contribution in [0.5, 0.6) is 0 Å². The van der Waals surface area contributed by atoms with E-state index in [1.54, 1.807) is 7.11 Å². The van der Waals surface area contributed by atoms with Crippen LogP contribution in [0.2, 0.25) is 0 Å². The van der Waals surface area contributed by atoms with Crippen LogP contribution in [0.4, 0.5) is 0 Å². The summed E-state index contributed by atoms with van der Waals surface area (Å²) in [6.07, 6.45) is 5.23. The Bertz CT molecular complexity index is 338. The number of methoxy groups -OCH3 is 1. The molecule has 2 saturated carbocycles. The standard InChI is InChI=1S/C13H21NO4/c1-18-10-4-3-9(7-10)14-11(15)8-13(12(16)17)5-2-6-13/h9-10H,2-8H2,1H3,(H,14,15)(H,16,17). The summed E-state index contributed by atoms with van der Waals surface area (Å²) in [5, 5.41) is 12.1. The highest BCUT2D eigenvalue weighted by atomic mass is 16.5. The molecule has 102 valence electrons. The van der Waals surface area contributed by atoms with Crippen molar-refractivity contribution in [2.24, 2.45) is 5.41 Å². The fourth-order valence-corrected chi connectivity index (χ4v) is 2.94. The Morgan fingerprint density at radius 2 is 2.11 bits per heavy atom. The molecule has 0 aromatic heterocycles. The SMILES string of the molecule is COC1CCC(NC(=O)CC2(C(=O)O)CCC2)C1. The van der Waals surface area contributed by atoms with Crippen molar-refractivity contribution >= 4 is 11.9 Å². The first kappa shape index (κ1) is 13.3. The summed E-state index contributed by atoms with van der Waals surface area (Å²) < 4.78 is 5.25. The summed E-state index contributed by atoms with van der Waals surface area (Å²) in [6.45, 7) is 0. The van der Waals surface area contributed by atoms with Crippen molar-refractivity contribution in [1.82, 2.24) is 5.32 Å². The van der Waals surface area contributed by atoms with Crippen LogP contribution < -0.4 is 5.32 Å². The number of carbonyl (C=O) groups is 2. The number of hydrogen-bond donors (Lipinski definition) is 2. The lowest BCUT2D eigenvalue weighted by molar-refractivity contribution is -0.157. The molecule has 2 N–H and O–H groups in total. The van der Waals surface area contributed by atoms with Gasteiger partial charge in [0.05, 0.1) is 11.5 Å². The predicted octanol–water partition coefficient (Wildman–Crippen LogP) is 1.32. The minimum Gasteiger partial charge on any atom is -0.481 e. The van der Waals surface area contributed by atoms with E-state index < -0.39 is 11.4 Å². The van der Waals surface area contributed by atoms with Crippen molar-refractivity contribution in [2.45, 2.75) is 57.1 Å². The second-order valence-corrected chi connectivity index (χ2v) is 5.55. The normalized spacial score (nSPS) is 29.6. The maximum Gasteiger partial charge on any atom is 0.310 e. The zero-order valence-corrected chi connectivity index (χ0v) is 10.8. The zero-order chi connectivity index (χ0) is 13.2. The van der Waals surface area contributed by atoms with E-state index in [9.17, 15) is 14.7 Å². The molecule has 18 heavy (non-hydrogen) atoms. The molecule has 2 unspecified atom stereocenters. The van der Waals surface area contributed by atoms with Crippen molar-refractivity contribution in [3.63, 3.8) is 0 Å². The number of carboxylic acid groups (broad SMARTS) is 1. The smallest absolute Gasteiger partial charge is 0.310 e. The Balaban J connectivity index is 1.80. The molecule has 1 amide bonds. The first-order chi connectivity index (χ1) is 8.55. The molecule has 2 aliphatic carbocycles. The number of amides is 1. The first-order valence-corrected chi connectivity index (χ1v) is 6.61. The quantitative estimate of drug-likeness (QED) is 0.776. The lowest BCUT2D eigenvalue weighted by atomic mass is 9.66. The summed E-state index contributed by atoms with van der Waals surface area (Å²) in [7, 11) is 1.68. The largest absolute Gasteiger partial charge is 0.481 e. The molecule has 0 aliphatic heterocycles. The predicted molar refractivity (Wildman–Crippen MR) is 65.1 cm³/mol. The average molecular weight is 255 g/mol. The summed E-state index contributed by atoms with van der Waals surface area (Å²) in [6, 6.07) is 0.147. The highest BCUT2D eigenvalue weighted by molar-refractivity contribution is 5.85. The zero-order valence-electron chi connectivity index (χ0n) is 10.8. The van der Waals surface area contributed by atoms with Gasteiger partial charge in [-0.3, -0.25) is 9.59 Å². The van der Waals surface area contributed by atoms with Crippen LogP contribution in [0.3, 0.4) is 0 Å². The Labute approximate surface area is 107 Å². The van der Waals surface area contributed by atoms with E-state index in [1.165, 1.54) is 0 Å². The van der Waals surface area contributed by atoms with Gasteiger partial charge in [0.2, 0.25) is 5.91 Å². The lowest BCUT2D eigenvalue weighted by Crippen LogP contribution is -2.44. The van der Waals surface area contributed by atoms with Gasteiger partial charge in [-0.05, 0) is 32.1 Å². The van der Waals surface area contributed by atoms with Crippen LogP contribution in [-0.2, 0) is 14.3 Å². The molecule has 2 rings (SSSR count). The molecule has 0 heterocycles.